The molecule has 11 heteroatoms. The van der Waals surface area contributed by atoms with Gasteiger partial charge in [0.1, 0.15) is 5.60 Å². The molecule has 2 atom stereocenters. The van der Waals surface area contributed by atoms with Crippen molar-refractivity contribution in [3.05, 3.63) is 0 Å². The van der Waals surface area contributed by atoms with E-state index >= 15 is 0 Å². The predicted octanol–water partition coefficient (Wildman–Crippen LogP) is -1.21. The van der Waals surface area contributed by atoms with Gasteiger partial charge in [0.15, 0.2) is 0 Å². The first-order valence-corrected chi connectivity index (χ1v) is 11.0. The summed E-state index contributed by atoms with van der Waals surface area (Å²) in [5.74, 6) is -0.285. The third-order valence-electron chi connectivity index (χ3n) is 3.90. The minimum Gasteiger partial charge on any atom is -0.460 e. The second-order valence-electron chi connectivity index (χ2n) is 8.22. The number of hydrogen-bond donors (Lipinski definition) is 4. The fourth-order valence-electron chi connectivity index (χ4n) is 2.47. The van der Waals surface area contributed by atoms with E-state index in [4.69, 9.17) is 33.9 Å². The van der Waals surface area contributed by atoms with E-state index < -0.39 is 17.8 Å². The number of hydrogen-bond acceptors (Lipinski definition) is 11. The molecule has 0 heterocycles. The lowest BCUT2D eigenvalue weighted by atomic mass is 10.2. The fourth-order valence-corrected chi connectivity index (χ4v) is 2.47. The Balaban J connectivity index is 3.53. The third kappa shape index (κ3) is 21.0. The van der Waals surface area contributed by atoms with Crippen LogP contribution in [-0.2, 0) is 28.5 Å². The van der Waals surface area contributed by atoms with E-state index in [-0.39, 0.29) is 38.7 Å². The van der Waals surface area contributed by atoms with Crippen LogP contribution in [0.4, 0.5) is 0 Å². The van der Waals surface area contributed by atoms with Crippen LogP contribution in [0.1, 0.15) is 27.2 Å². The zero-order valence-corrected chi connectivity index (χ0v) is 19.7. The maximum absolute atomic E-state index is 11.5. The molecule has 192 valence electrons. The zero-order valence-electron chi connectivity index (χ0n) is 19.7. The minimum atomic E-state index is -0.917. The summed E-state index contributed by atoms with van der Waals surface area (Å²) in [6.07, 6.45) is -1.62. The van der Waals surface area contributed by atoms with Crippen LogP contribution in [0.15, 0.2) is 0 Å². The second kappa shape index (κ2) is 19.6. The molecule has 0 aromatic heterocycles. The van der Waals surface area contributed by atoms with E-state index in [2.05, 4.69) is 0 Å². The standard InChI is InChI=1S/C21H43NO10/c1-21(2,3)32-20(27)4-6-28-8-10-30-12-13-31-11-9-29-7-5-22(14-18(25)16-23)15-19(26)17-24/h18-19,23-26H,4-17H2,1-3H3. The largest absolute Gasteiger partial charge is 0.460 e. The molecule has 0 saturated heterocycles. The maximum Gasteiger partial charge on any atom is 0.308 e. The first-order valence-electron chi connectivity index (χ1n) is 11.0. The number of carbonyl (C=O) groups is 1. The summed E-state index contributed by atoms with van der Waals surface area (Å²) >= 11 is 0. The summed E-state index contributed by atoms with van der Waals surface area (Å²) in [4.78, 5) is 13.2. The molecule has 0 fully saturated rings. The average molecular weight is 470 g/mol. The van der Waals surface area contributed by atoms with Gasteiger partial charge in [-0.3, -0.25) is 9.69 Å². The second-order valence-corrected chi connectivity index (χ2v) is 8.22. The number of rotatable bonds is 21. The van der Waals surface area contributed by atoms with Crippen molar-refractivity contribution in [1.29, 1.82) is 0 Å². The Kier molecular flexibility index (Phi) is 19.0. The van der Waals surface area contributed by atoms with E-state index in [0.717, 1.165) is 0 Å². The highest BCUT2D eigenvalue weighted by atomic mass is 16.6. The van der Waals surface area contributed by atoms with E-state index in [1.54, 1.807) is 4.90 Å². The Hall–Kier alpha value is -0.890. The number of carbonyl (C=O) groups excluding carboxylic acids is 1. The normalized spacial score (nSPS) is 14.0. The Morgan fingerprint density at radius 3 is 1.56 bits per heavy atom. The Bertz CT molecular complexity index is 435. The summed E-state index contributed by atoms with van der Waals surface area (Å²) in [6.45, 7) is 8.56. The molecule has 0 aliphatic heterocycles. The summed E-state index contributed by atoms with van der Waals surface area (Å²) in [5.41, 5.74) is -0.487. The van der Waals surface area contributed by atoms with Gasteiger partial charge in [0.05, 0.1) is 84.7 Å². The molecule has 0 aromatic rings. The first kappa shape index (κ1) is 31.1. The topological polar surface area (TPSA) is 147 Å². The van der Waals surface area contributed by atoms with Gasteiger partial charge in [-0.15, -0.1) is 0 Å². The molecule has 11 nitrogen and oxygen atoms in total. The summed E-state index contributed by atoms with van der Waals surface area (Å²) in [5, 5.41) is 37.0. The van der Waals surface area contributed by atoms with Gasteiger partial charge in [-0.05, 0) is 20.8 Å². The molecule has 0 aromatic carbocycles. The number of ether oxygens (including phenoxy) is 5. The number of nitrogens with zero attached hydrogens (tertiary/aromatic N) is 1. The van der Waals surface area contributed by atoms with Gasteiger partial charge < -0.3 is 44.1 Å². The quantitative estimate of drug-likeness (QED) is 0.119. The van der Waals surface area contributed by atoms with Gasteiger partial charge in [0.2, 0.25) is 0 Å². The smallest absolute Gasteiger partial charge is 0.308 e. The van der Waals surface area contributed by atoms with Gasteiger partial charge in [-0.1, -0.05) is 0 Å². The highest BCUT2D eigenvalue weighted by molar-refractivity contribution is 5.69. The molecule has 32 heavy (non-hydrogen) atoms. The molecule has 0 rings (SSSR count). The molecule has 0 spiro atoms. The Morgan fingerprint density at radius 1 is 0.750 bits per heavy atom. The molecule has 2 unspecified atom stereocenters. The van der Waals surface area contributed by atoms with Crippen LogP contribution < -0.4 is 0 Å². The van der Waals surface area contributed by atoms with E-state index in [1.165, 1.54) is 0 Å². The first-order chi connectivity index (χ1) is 15.2. The van der Waals surface area contributed by atoms with Crippen molar-refractivity contribution in [2.45, 2.75) is 45.0 Å². The number of aliphatic hydroxyl groups is 4. The van der Waals surface area contributed by atoms with Crippen LogP contribution in [-0.4, -0.2) is 135 Å². The van der Waals surface area contributed by atoms with E-state index in [1.807, 2.05) is 20.8 Å². The van der Waals surface area contributed by atoms with Gasteiger partial charge in [-0.25, -0.2) is 0 Å². The summed E-state index contributed by atoms with van der Waals surface area (Å²) in [7, 11) is 0. The summed E-state index contributed by atoms with van der Waals surface area (Å²) < 4.78 is 26.7. The average Bonchev–Trinajstić information content (AvgIpc) is 2.72. The predicted molar refractivity (Wildman–Crippen MR) is 116 cm³/mol. The highest BCUT2D eigenvalue weighted by Crippen LogP contribution is 2.08. The van der Waals surface area contributed by atoms with Crippen molar-refractivity contribution < 1.29 is 48.9 Å². The van der Waals surface area contributed by atoms with Crippen molar-refractivity contribution in [2.24, 2.45) is 0 Å². The molecular weight excluding hydrogens is 426 g/mol. The monoisotopic (exact) mass is 469 g/mol. The van der Waals surface area contributed by atoms with Crippen LogP contribution in [0.2, 0.25) is 0 Å². The highest BCUT2D eigenvalue weighted by Gasteiger charge is 2.16. The van der Waals surface area contributed by atoms with Crippen molar-refractivity contribution in [2.75, 3.05) is 85.7 Å². The van der Waals surface area contributed by atoms with Gasteiger partial charge in [0, 0.05) is 19.6 Å². The Morgan fingerprint density at radius 2 is 1.16 bits per heavy atom. The third-order valence-corrected chi connectivity index (χ3v) is 3.90. The lowest BCUT2D eigenvalue weighted by molar-refractivity contribution is -0.156. The van der Waals surface area contributed by atoms with Crippen LogP contribution in [0, 0.1) is 0 Å². The molecule has 0 aliphatic carbocycles. The number of esters is 1. The Labute approximate surface area is 191 Å². The molecule has 4 N–H and O–H groups in total. The minimum absolute atomic E-state index is 0.176. The summed E-state index contributed by atoms with van der Waals surface area (Å²) in [6, 6.07) is 0. The molecule has 0 saturated carbocycles. The van der Waals surface area contributed by atoms with Gasteiger partial charge >= 0.3 is 5.97 Å². The van der Waals surface area contributed by atoms with Crippen molar-refractivity contribution >= 4 is 5.97 Å². The van der Waals surface area contributed by atoms with Gasteiger partial charge in [-0.2, -0.15) is 0 Å². The van der Waals surface area contributed by atoms with Crippen LogP contribution >= 0.6 is 0 Å². The molecule has 0 amide bonds. The molecule has 0 radical (unpaired) electrons. The van der Waals surface area contributed by atoms with Crippen LogP contribution in [0.5, 0.6) is 0 Å². The maximum atomic E-state index is 11.5. The SMILES string of the molecule is CC(C)(C)OC(=O)CCOCCOCCOCCOCCN(CC(O)CO)CC(O)CO. The van der Waals surface area contributed by atoms with Crippen LogP contribution in [0.25, 0.3) is 0 Å². The van der Waals surface area contributed by atoms with E-state index in [0.29, 0.717) is 59.4 Å². The lowest BCUT2D eigenvalue weighted by Crippen LogP contribution is -2.42. The van der Waals surface area contributed by atoms with Crippen molar-refractivity contribution in [1.82, 2.24) is 4.90 Å². The van der Waals surface area contributed by atoms with E-state index in [9.17, 15) is 15.0 Å². The fraction of sp³-hybridized carbons (Fsp3) is 0.952. The van der Waals surface area contributed by atoms with Crippen LogP contribution in [0.3, 0.4) is 0 Å². The lowest BCUT2D eigenvalue weighted by Gasteiger charge is -2.26. The molecule has 0 bridgehead atoms. The molecule has 0 aliphatic rings. The van der Waals surface area contributed by atoms with Gasteiger partial charge in [0.25, 0.3) is 0 Å². The number of aliphatic hydroxyl groups excluding tert-OH is 4. The zero-order chi connectivity index (χ0) is 24.2. The molecular formula is C21H43NO10. The van der Waals surface area contributed by atoms with Crippen molar-refractivity contribution in [3.8, 4) is 0 Å². The van der Waals surface area contributed by atoms with Crippen molar-refractivity contribution in [3.63, 3.8) is 0 Å².